The van der Waals surface area contributed by atoms with Crippen molar-refractivity contribution >= 4 is 45.8 Å². The first kappa shape index (κ1) is 10.1. The summed E-state index contributed by atoms with van der Waals surface area (Å²) in [5, 5.41) is 0. The molecule has 0 aliphatic rings. The first-order valence-electron chi connectivity index (χ1n) is 3.17. The third-order valence-corrected chi connectivity index (χ3v) is 9.25. The van der Waals surface area contributed by atoms with E-state index in [9.17, 15) is 0 Å². The molecule has 0 saturated heterocycles. The summed E-state index contributed by atoms with van der Waals surface area (Å²) in [6.45, 7) is 2.10. The van der Waals surface area contributed by atoms with E-state index >= 15 is 0 Å². The van der Waals surface area contributed by atoms with Crippen molar-refractivity contribution in [3.05, 3.63) is 27.3 Å². The molecule has 11 heavy (non-hydrogen) atoms. The molecule has 0 saturated carbocycles. The Balaban J connectivity index is 3.05. The normalized spacial score (nSPS) is 12.3. The molecule has 0 unspecified atom stereocenters. The molecule has 0 amide bonds. The number of thiol groups is 1. The number of hydrogen-bond donors (Lipinski definition) is 1. The highest BCUT2D eigenvalue weighted by Crippen LogP contribution is 2.24. The molecule has 0 heterocycles. The SMILES string of the molecule is CI=Ic1ccc(C)c(S)c1. The summed E-state index contributed by atoms with van der Waals surface area (Å²) in [4.78, 5) is 3.50. The van der Waals surface area contributed by atoms with Crippen molar-refractivity contribution < 1.29 is 0 Å². The van der Waals surface area contributed by atoms with Gasteiger partial charge in [0.1, 0.15) is 0 Å². The van der Waals surface area contributed by atoms with Gasteiger partial charge in [-0.05, 0) is 46.1 Å². The van der Waals surface area contributed by atoms with Crippen molar-refractivity contribution in [1.29, 1.82) is 0 Å². The second-order valence-electron chi connectivity index (χ2n) is 2.15. The maximum Gasteiger partial charge on any atom is 0.0138 e. The van der Waals surface area contributed by atoms with E-state index in [0.717, 1.165) is 4.90 Å². The minimum atomic E-state index is 0.361. The molecule has 1 rings (SSSR count). The largest absolute Gasteiger partial charge is 0.143 e. The molecule has 0 radical (unpaired) electrons. The lowest BCUT2D eigenvalue weighted by Crippen LogP contribution is -1.76. The van der Waals surface area contributed by atoms with Gasteiger partial charge in [-0.25, -0.2) is 0 Å². The molecule has 3 heteroatoms. The average Bonchev–Trinajstić information content (AvgIpc) is 1.98. The van der Waals surface area contributed by atoms with E-state index in [1.54, 1.807) is 3.57 Å². The summed E-state index contributed by atoms with van der Waals surface area (Å²) in [5.74, 6) is 0. The molecule has 0 atom stereocenters. The van der Waals surface area contributed by atoms with Crippen LogP contribution in [0.3, 0.4) is 0 Å². The predicted molar refractivity (Wildman–Crippen MR) is 71.1 cm³/mol. The van der Waals surface area contributed by atoms with Gasteiger partial charge in [-0.1, -0.05) is 22.7 Å². The van der Waals surface area contributed by atoms with E-state index in [1.165, 1.54) is 5.56 Å². The lowest BCUT2D eigenvalue weighted by atomic mass is 10.2. The van der Waals surface area contributed by atoms with Crippen LogP contribution >= 0.6 is 45.8 Å². The maximum atomic E-state index is 4.39. The van der Waals surface area contributed by atoms with Crippen molar-refractivity contribution in [3.63, 3.8) is 0 Å². The summed E-state index contributed by atoms with van der Waals surface area (Å²) < 4.78 is 1.55. The summed E-state index contributed by atoms with van der Waals surface area (Å²) >= 11 is 5.23. The van der Waals surface area contributed by atoms with Gasteiger partial charge in [-0.15, -0.1) is 12.6 Å². The van der Waals surface area contributed by atoms with Gasteiger partial charge in [0.15, 0.2) is 0 Å². The molecule has 62 valence electrons. The summed E-state index contributed by atoms with van der Waals surface area (Å²) in [5.41, 5.74) is 1.29. The van der Waals surface area contributed by atoms with Gasteiger partial charge in [-0.3, -0.25) is 0 Å². The lowest BCUT2D eigenvalue weighted by Gasteiger charge is -1.98. The Morgan fingerprint density at radius 1 is 1.36 bits per heavy atom. The quantitative estimate of drug-likeness (QED) is 0.418. The Labute approximate surface area is 88.9 Å². The second kappa shape index (κ2) is 4.91. The van der Waals surface area contributed by atoms with Gasteiger partial charge in [-0.2, -0.15) is 0 Å². The van der Waals surface area contributed by atoms with Crippen molar-refractivity contribution in [3.8, 4) is 0 Å². The Morgan fingerprint density at radius 2 is 2.09 bits per heavy atom. The number of rotatable bonds is 1. The van der Waals surface area contributed by atoms with E-state index in [4.69, 9.17) is 0 Å². The van der Waals surface area contributed by atoms with Crippen molar-refractivity contribution in [1.82, 2.24) is 0 Å². The Bertz CT molecular complexity index is 281. The fraction of sp³-hybridized carbons (Fsp3) is 0.250. The topological polar surface area (TPSA) is 0 Å². The zero-order chi connectivity index (χ0) is 8.27. The molecule has 1 aromatic carbocycles. The van der Waals surface area contributed by atoms with E-state index in [0.29, 0.717) is 33.2 Å². The number of alkyl halides is 1. The number of benzene rings is 1. The zero-order valence-corrected chi connectivity index (χ0v) is 11.6. The van der Waals surface area contributed by atoms with Crippen LogP contribution in [0.4, 0.5) is 0 Å². The molecular formula is C8H10I2S. The summed E-state index contributed by atoms with van der Waals surface area (Å²) in [7, 11) is 0. The van der Waals surface area contributed by atoms with Crippen LogP contribution in [0, 0.1) is 10.5 Å². The fourth-order valence-corrected chi connectivity index (χ4v) is 7.24. The summed E-state index contributed by atoms with van der Waals surface area (Å²) in [6.07, 6.45) is 0. The molecule has 0 aromatic heterocycles. The van der Waals surface area contributed by atoms with E-state index < -0.39 is 0 Å². The van der Waals surface area contributed by atoms with Crippen LogP contribution in [-0.2, 0) is 0 Å². The highest BCUT2D eigenvalue weighted by Gasteiger charge is 1.92. The van der Waals surface area contributed by atoms with Gasteiger partial charge in [0.2, 0.25) is 0 Å². The van der Waals surface area contributed by atoms with Gasteiger partial charge < -0.3 is 0 Å². The van der Waals surface area contributed by atoms with Crippen molar-refractivity contribution in [2.45, 2.75) is 11.8 Å². The van der Waals surface area contributed by atoms with Crippen LogP contribution in [-0.4, -0.2) is 4.93 Å². The minimum absolute atomic E-state index is 0.361. The molecule has 0 aliphatic heterocycles. The van der Waals surface area contributed by atoms with Gasteiger partial charge >= 0.3 is 0 Å². The van der Waals surface area contributed by atoms with Gasteiger partial charge in [0, 0.05) is 8.47 Å². The van der Waals surface area contributed by atoms with Crippen LogP contribution in [0.15, 0.2) is 23.1 Å². The highest BCUT2D eigenvalue weighted by atomic mass is 128. The Morgan fingerprint density at radius 3 is 2.64 bits per heavy atom. The molecule has 0 spiro atoms. The third kappa shape index (κ3) is 3.10. The second-order valence-corrected chi connectivity index (χ2v) is 13.3. The fourth-order valence-electron chi connectivity index (χ4n) is 0.709. The first-order valence-corrected chi connectivity index (χ1v) is 13.1. The van der Waals surface area contributed by atoms with Crippen LogP contribution < -0.4 is 0 Å². The molecule has 0 N–H and O–H groups in total. The maximum absolute atomic E-state index is 4.39. The number of hydrogen-bond acceptors (Lipinski definition) is 1. The molecular weight excluding hydrogens is 382 g/mol. The van der Waals surface area contributed by atoms with Crippen LogP contribution in [0.2, 0.25) is 0 Å². The van der Waals surface area contributed by atoms with Gasteiger partial charge in [0.05, 0.1) is 0 Å². The third-order valence-electron chi connectivity index (χ3n) is 1.33. The molecule has 1 aromatic rings. The minimum Gasteiger partial charge on any atom is -0.143 e. The highest BCUT2D eigenvalue weighted by molar-refractivity contribution is 14.8. The lowest BCUT2D eigenvalue weighted by molar-refractivity contribution is 1.30. The first-order chi connectivity index (χ1) is 5.24. The standard InChI is InChI=1S/C8H10I2S/c1-6-3-4-7(10-9-2)5-8(6)11/h3-5,11H,1-2H3. The van der Waals surface area contributed by atoms with E-state index in [1.807, 2.05) is 0 Å². The predicted octanol–water partition coefficient (Wildman–Crippen LogP) is 3.94. The molecule has 0 nitrogen and oxygen atoms in total. The number of aryl methyl sites for hydroxylation is 1. The molecule has 0 aliphatic carbocycles. The smallest absolute Gasteiger partial charge is 0.0138 e. The molecule has 0 fully saturated rings. The number of halogens is 2. The van der Waals surface area contributed by atoms with Gasteiger partial charge in [0.25, 0.3) is 0 Å². The van der Waals surface area contributed by atoms with Crippen LogP contribution in [0.1, 0.15) is 5.56 Å². The average molecular weight is 392 g/mol. The van der Waals surface area contributed by atoms with Crippen LogP contribution in [0.5, 0.6) is 0 Å². The van der Waals surface area contributed by atoms with Crippen molar-refractivity contribution in [2.24, 2.45) is 0 Å². The van der Waals surface area contributed by atoms with Crippen molar-refractivity contribution in [2.75, 3.05) is 4.93 Å². The van der Waals surface area contributed by atoms with E-state index in [-0.39, 0.29) is 0 Å². The summed E-state index contributed by atoms with van der Waals surface area (Å²) in [6, 6.07) is 6.66. The Kier molecular flexibility index (Phi) is 4.52. The Hall–Kier alpha value is 1.03. The van der Waals surface area contributed by atoms with E-state index in [2.05, 4.69) is 42.7 Å². The van der Waals surface area contributed by atoms with Crippen LogP contribution in [0.25, 0.3) is 0 Å². The molecule has 0 bridgehead atoms. The zero-order valence-electron chi connectivity index (χ0n) is 6.44. The monoisotopic (exact) mass is 392 g/mol.